The molecule has 3 aliphatic rings. The Morgan fingerprint density at radius 3 is 2.35 bits per heavy atom. The summed E-state index contributed by atoms with van der Waals surface area (Å²) in [6.07, 6.45) is 12.3. The van der Waals surface area contributed by atoms with Crippen LogP contribution in [0.3, 0.4) is 0 Å². The van der Waals surface area contributed by atoms with Gasteiger partial charge in [0.05, 0.1) is 6.10 Å². The van der Waals surface area contributed by atoms with Crippen LogP contribution in [0.2, 0.25) is 0 Å². The predicted molar refractivity (Wildman–Crippen MR) is 104 cm³/mol. The lowest BCUT2D eigenvalue weighted by atomic mass is 9.70. The van der Waals surface area contributed by atoms with E-state index >= 15 is 0 Å². The Hall–Kier alpha value is -0.700. The van der Waals surface area contributed by atoms with Gasteiger partial charge in [0, 0.05) is 6.61 Å². The highest BCUT2D eigenvalue weighted by atomic mass is 19.2. The second-order valence-corrected chi connectivity index (χ2v) is 8.57. The van der Waals surface area contributed by atoms with E-state index < -0.39 is 18.4 Å². The van der Waals surface area contributed by atoms with Crippen LogP contribution in [0.5, 0.6) is 0 Å². The van der Waals surface area contributed by atoms with Gasteiger partial charge >= 0.3 is 0 Å². The van der Waals surface area contributed by atoms with E-state index in [1.165, 1.54) is 38.5 Å². The number of hydrogen-bond acceptors (Lipinski definition) is 1. The van der Waals surface area contributed by atoms with Crippen molar-refractivity contribution < 1.29 is 13.5 Å². The molecule has 1 saturated carbocycles. The molecule has 3 heteroatoms. The number of hydrogen-bond donors (Lipinski definition) is 0. The smallest absolute Gasteiger partial charge is 0.162 e. The molecule has 0 aromatic rings. The Balaban J connectivity index is 1.55. The first-order valence-electron chi connectivity index (χ1n) is 10.9. The number of allylic oxidation sites excluding steroid dienone is 3. The summed E-state index contributed by atoms with van der Waals surface area (Å²) in [7, 11) is 0. The summed E-state index contributed by atoms with van der Waals surface area (Å²) < 4.78 is 34.3. The first-order chi connectivity index (χ1) is 12.6. The van der Waals surface area contributed by atoms with E-state index in [2.05, 4.69) is 13.0 Å². The van der Waals surface area contributed by atoms with E-state index in [-0.39, 0.29) is 0 Å². The minimum atomic E-state index is -1.53. The van der Waals surface area contributed by atoms with Crippen LogP contribution >= 0.6 is 0 Å². The van der Waals surface area contributed by atoms with E-state index in [1.54, 1.807) is 0 Å². The van der Waals surface area contributed by atoms with Crippen molar-refractivity contribution in [1.29, 1.82) is 0 Å². The third kappa shape index (κ3) is 4.58. The van der Waals surface area contributed by atoms with Gasteiger partial charge in [0.15, 0.2) is 12.3 Å². The molecule has 0 aliphatic heterocycles. The minimum absolute atomic E-state index is 0.436. The molecular formula is C23H36F2O. The average molecular weight is 367 g/mol. The van der Waals surface area contributed by atoms with E-state index in [1.807, 2.05) is 13.0 Å². The summed E-state index contributed by atoms with van der Waals surface area (Å²) in [6, 6.07) is 0. The van der Waals surface area contributed by atoms with Crippen LogP contribution in [-0.4, -0.2) is 25.1 Å². The fraction of sp³-hybridized carbons (Fsp3) is 0.826. The van der Waals surface area contributed by atoms with Gasteiger partial charge in [-0.3, -0.25) is 0 Å². The number of alkyl halides is 2. The highest BCUT2D eigenvalue weighted by Crippen LogP contribution is 2.43. The Morgan fingerprint density at radius 2 is 1.73 bits per heavy atom. The molecule has 4 atom stereocenters. The minimum Gasteiger partial charge on any atom is -0.375 e. The molecule has 0 saturated heterocycles. The summed E-state index contributed by atoms with van der Waals surface area (Å²) in [4.78, 5) is 0. The molecule has 0 heterocycles. The molecule has 1 fully saturated rings. The monoisotopic (exact) mass is 366 g/mol. The van der Waals surface area contributed by atoms with Crippen LogP contribution in [0.4, 0.5) is 8.78 Å². The Kier molecular flexibility index (Phi) is 7.31. The molecule has 0 aromatic heterocycles. The van der Waals surface area contributed by atoms with Crippen molar-refractivity contribution in [3.63, 3.8) is 0 Å². The molecule has 26 heavy (non-hydrogen) atoms. The van der Waals surface area contributed by atoms with Crippen LogP contribution in [0.25, 0.3) is 0 Å². The lowest BCUT2D eigenvalue weighted by Crippen LogP contribution is -2.38. The molecule has 0 radical (unpaired) electrons. The maximum Gasteiger partial charge on any atom is 0.162 e. The number of halogens is 2. The standard InChI is InChI=1S/C23H36F2O/c1-3-5-16-6-8-17(9-7-16)18-10-12-19(13-11-18)20-14-15-21(26-4-2)23(25)22(20)24/h12,14,16-18,21-23H,3-11,13,15H2,1-2H3. The highest BCUT2D eigenvalue weighted by molar-refractivity contribution is 5.38. The molecule has 0 N–H and O–H groups in total. The molecule has 0 amide bonds. The van der Waals surface area contributed by atoms with E-state index in [4.69, 9.17) is 4.74 Å². The van der Waals surface area contributed by atoms with Crippen LogP contribution in [0.1, 0.15) is 78.1 Å². The first-order valence-corrected chi connectivity index (χ1v) is 10.9. The van der Waals surface area contributed by atoms with Gasteiger partial charge in [-0.25, -0.2) is 8.78 Å². The van der Waals surface area contributed by atoms with Crippen molar-refractivity contribution in [2.75, 3.05) is 6.61 Å². The first kappa shape index (κ1) is 20.0. The second kappa shape index (κ2) is 9.48. The lowest BCUT2D eigenvalue weighted by Gasteiger charge is -2.37. The molecule has 3 aliphatic carbocycles. The zero-order chi connectivity index (χ0) is 18.5. The van der Waals surface area contributed by atoms with Gasteiger partial charge in [-0.15, -0.1) is 0 Å². The SMILES string of the molecule is CCCC1CCC(C2CC=C(C3=CCC(OCC)C(F)C3F)CC2)CC1. The Bertz CT molecular complexity index is 504. The van der Waals surface area contributed by atoms with E-state index in [9.17, 15) is 8.78 Å². The Labute approximate surface area is 158 Å². The summed E-state index contributed by atoms with van der Waals surface area (Å²) >= 11 is 0. The van der Waals surface area contributed by atoms with Gasteiger partial charge in [0.25, 0.3) is 0 Å². The molecule has 0 aromatic carbocycles. The fourth-order valence-electron chi connectivity index (χ4n) is 5.43. The van der Waals surface area contributed by atoms with Crippen molar-refractivity contribution in [2.24, 2.45) is 17.8 Å². The van der Waals surface area contributed by atoms with Gasteiger partial charge in [-0.2, -0.15) is 0 Å². The quantitative estimate of drug-likeness (QED) is 0.506. The number of rotatable bonds is 6. The van der Waals surface area contributed by atoms with Crippen molar-refractivity contribution in [2.45, 2.75) is 96.5 Å². The predicted octanol–water partition coefficient (Wildman–Crippen LogP) is 6.73. The molecule has 3 rings (SSSR count). The zero-order valence-corrected chi connectivity index (χ0v) is 16.6. The topological polar surface area (TPSA) is 9.23 Å². The molecule has 1 nitrogen and oxygen atoms in total. The average Bonchev–Trinajstić information content (AvgIpc) is 2.67. The van der Waals surface area contributed by atoms with Crippen molar-refractivity contribution >= 4 is 0 Å². The van der Waals surface area contributed by atoms with Gasteiger partial charge in [0.2, 0.25) is 0 Å². The van der Waals surface area contributed by atoms with Gasteiger partial charge < -0.3 is 4.74 Å². The maximum atomic E-state index is 14.6. The molecule has 0 spiro atoms. The van der Waals surface area contributed by atoms with Crippen LogP contribution in [0.15, 0.2) is 23.3 Å². The summed E-state index contributed by atoms with van der Waals surface area (Å²) in [5, 5.41) is 0. The maximum absolute atomic E-state index is 14.6. The Morgan fingerprint density at radius 1 is 0.962 bits per heavy atom. The normalized spacial score (nSPS) is 38.6. The van der Waals surface area contributed by atoms with Gasteiger partial charge in [-0.05, 0) is 74.3 Å². The van der Waals surface area contributed by atoms with Crippen molar-refractivity contribution in [1.82, 2.24) is 0 Å². The highest BCUT2D eigenvalue weighted by Gasteiger charge is 2.38. The largest absolute Gasteiger partial charge is 0.375 e. The summed E-state index contributed by atoms with van der Waals surface area (Å²) in [5.41, 5.74) is 1.67. The third-order valence-electron chi connectivity index (χ3n) is 6.96. The van der Waals surface area contributed by atoms with Crippen LogP contribution in [-0.2, 0) is 4.74 Å². The van der Waals surface area contributed by atoms with Crippen LogP contribution in [0, 0.1) is 17.8 Å². The number of ether oxygens (including phenoxy) is 1. The summed E-state index contributed by atoms with van der Waals surface area (Å²) in [6.45, 7) is 4.56. The fourth-order valence-corrected chi connectivity index (χ4v) is 5.43. The van der Waals surface area contributed by atoms with Crippen molar-refractivity contribution in [3.8, 4) is 0 Å². The molecule has 4 unspecified atom stereocenters. The van der Waals surface area contributed by atoms with Gasteiger partial charge in [-0.1, -0.05) is 44.8 Å². The molecule has 148 valence electrons. The zero-order valence-electron chi connectivity index (χ0n) is 16.6. The van der Waals surface area contributed by atoms with Crippen molar-refractivity contribution in [3.05, 3.63) is 23.3 Å². The summed E-state index contributed by atoms with van der Waals surface area (Å²) in [5.74, 6) is 2.55. The third-order valence-corrected chi connectivity index (χ3v) is 6.96. The van der Waals surface area contributed by atoms with Crippen LogP contribution < -0.4 is 0 Å². The second-order valence-electron chi connectivity index (χ2n) is 8.57. The molecule has 0 bridgehead atoms. The lowest BCUT2D eigenvalue weighted by molar-refractivity contribution is -0.0221. The van der Waals surface area contributed by atoms with E-state index in [0.717, 1.165) is 42.6 Å². The molecular weight excluding hydrogens is 330 g/mol. The van der Waals surface area contributed by atoms with E-state index in [0.29, 0.717) is 18.6 Å². The van der Waals surface area contributed by atoms with Gasteiger partial charge in [0.1, 0.15) is 0 Å².